The number of benzene rings is 1. The molecule has 5 aliphatic rings. The fraction of sp³-hybridized carbons (Fsp3) is 0.261. The zero-order chi connectivity index (χ0) is 15.8. The van der Waals surface area contributed by atoms with E-state index in [9.17, 15) is 0 Å². The second-order valence-electron chi connectivity index (χ2n) is 7.59. The Hall–Kier alpha value is -2.41. The van der Waals surface area contributed by atoms with Crippen LogP contribution in [-0.2, 0) is 0 Å². The van der Waals surface area contributed by atoms with Gasteiger partial charge in [0.15, 0.2) is 0 Å². The van der Waals surface area contributed by atoms with Crippen LogP contribution < -0.4 is 0 Å². The predicted molar refractivity (Wildman–Crippen MR) is 98.8 cm³/mol. The zero-order valence-electron chi connectivity index (χ0n) is 13.6. The number of aliphatic imine (C=N–C) groups is 1. The van der Waals surface area contributed by atoms with E-state index in [4.69, 9.17) is 4.99 Å². The van der Waals surface area contributed by atoms with Crippen molar-refractivity contribution in [3.8, 4) is 0 Å². The summed E-state index contributed by atoms with van der Waals surface area (Å²) >= 11 is 0. The van der Waals surface area contributed by atoms with Gasteiger partial charge in [-0.2, -0.15) is 0 Å². The van der Waals surface area contributed by atoms with E-state index >= 15 is 0 Å². The molecule has 6 rings (SSSR count). The maximum absolute atomic E-state index is 5.24. The number of allylic oxidation sites excluding steroid dienone is 9. The van der Waals surface area contributed by atoms with E-state index in [-0.39, 0.29) is 10.8 Å². The molecule has 1 aromatic carbocycles. The minimum Gasteiger partial charge on any atom is -0.256 e. The van der Waals surface area contributed by atoms with Gasteiger partial charge in [-0.25, -0.2) is 0 Å². The molecule has 1 aromatic rings. The van der Waals surface area contributed by atoms with Crippen LogP contribution in [0.3, 0.4) is 0 Å². The Bertz CT molecular complexity index is 952. The SMILES string of the molecule is C1=CC2c3ccccc3C3=C4C5(CC=CCC5=N3)CC=CC42C=C1. The van der Waals surface area contributed by atoms with Crippen LogP contribution in [0.5, 0.6) is 0 Å². The van der Waals surface area contributed by atoms with Gasteiger partial charge in [-0.05, 0) is 24.0 Å². The first-order chi connectivity index (χ1) is 11.9. The lowest BCUT2D eigenvalue weighted by atomic mass is 9.50. The van der Waals surface area contributed by atoms with Gasteiger partial charge in [0, 0.05) is 34.4 Å². The van der Waals surface area contributed by atoms with Crippen LogP contribution >= 0.6 is 0 Å². The highest BCUT2D eigenvalue weighted by atomic mass is 14.9. The van der Waals surface area contributed by atoms with Crippen molar-refractivity contribution in [3.05, 3.63) is 89.6 Å². The fourth-order valence-electron chi connectivity index (χ4n) is 5.66. The van der Waals surface area contributed by atoms with Crippen molar-refractivity contribution in [2.24, 2.45) is 15.8 Å². The standard InChI is InChI=1S/C23H19N/c1-2-9-17-16(8-1)18-10-3-5-12-22(18)14-7-15-23-13-6-4-11-19(23)24-20(17)21(22)23/h1-10,12,14,18H,11,13,15H2. The summed E-state index contributed by atoms with van der Waals surface area (Å²) in [5.74, 6) is 0.395. The summed E-state index contributed by atoms with van der Waals surface area (Å²) in [6.07, 6.45) is 22.0. The minimum absolute atomic E-state index is 0.0207. The lowest BCUT2D eigenvalue weighted by Crippen LogP contribution is -2.44. The van der Waals surface area contributed by atoms with Gasteiger partial charge in [-0.1, -0.05) is 72.9 Å². The Morgan fingerprint density at radius 2 is 1.88 bits per heavy atom. The molecule has 3 unspecified atom stereocenters. The molecule has 2 spiro atoms. The molecular formula is C23H19N. The molecule has 0 bridgehead atoms. The highest BCUT2D eigenvalue weighted by Crippen LogP contribution is 2.66. The lowest BCUT2D eigenvalue weighted by Gasteiger charge is -2.51. The second-order valence-corrected chi connectivity index (χ2v) is 7.59. The van der Waals surface area contributed by atoms with Crippen molar-refractivity contribution in [3.63, 3.8) is 0 Å². The summed E-state index contributed by atoms with van der Waals surface area (Å²) in [6, 6.07) is 8.90. The number of hydrogen-bond donors (Lipinski definition) is 0. The summed E-state index contributed by atoms with van der Waals surface area (Å²) in [5, 5.41) is 0. The van der Waals surface area contributed by atoms with Gasteiger partial charge in [0.2, 0.25) is 0 Å². The Kier molecular flexibility index (Phi) is 2.24. The molecule has 3 atom stereocenters. The maximum Gasteiger partial charge on any atom is 0.0718 e. The highest BCUT2D eigenvalue weighted by molar-refractivity contribution is 6.06. The summed E-state index contributed by atoms with van der Waals surface area (Å²) in [5.41, 5.74) is 7.11. The molecule has 0 saturated heterocycles. The van der Waals surface area contributed by atoms with Gasteiger partial charge in [0.25, 0.3) is 0 Å². The zero-order valence-corrected chi connectivity index (χ0v) is 13.6. The van der Waals surface area contributed by atoms with E-state index in [0.29, 0.717) is 5.92 Å². The van der Waals surface area contributed by atoms with Crippen molar-refractivity contribution in [2.75, 3.05) is 0 Å². The molecule has 116 valence electrons. The summed E-state index contributed by atoms with van der Waals surface area (Å²) in [6.45, 7) is 0. The van der Waals surface area contributed by atoms with Gasteiger partial charge < -0.3 is 0 Å². The lowest BCUT2D eigenvalue weighted by molar-refractivity contribution is 0.364. The predicted octanol–water partition coefficient (Wildman–Crippen LogP) is 5.36. The van der Waals surface area contributed by atoms with Crippen molar-refractivity contribution < 1.29 is 0 Å². The molecule has 0 radical (unpaired) electrons. The first-order valence-corrected chi connectivity index (χ1v) is 8.96. The van der Waals surface area contributed by atoms with Crippen LogP contribution in [0.25, 0.3) is 5.70 Å². The van der Waals surface area contributed by atoms with Crippen LogP contribution in [0.15, 0.2) is 83.4 Å². The third kappa shape index (κ3) is 1.28. The van der Waals surface area contributed by atoms with Crippen LogP contribution in [0.4, 0.5) is 0 Å². The van der Waals surface area contributed by atoms with Crippen molar-refractivity contribution >= 4 is 11.4 Å². The van der Waals surface area contributed by atoms with Crippen LogP contribution in [-0.4, -0.2) is 5.71 Å². The van der Waals surface area contributed by atoms with Crippen molar-refractivity contribution in [2.45, 2.75) is 25.2 Å². The summed E-state index contributed by atoms with van der Waals surface area (Å²) in [4.78, 5) is 5.24. The molecule has 0 N–H and O–H groups in total. The van der Waals surface area contributed by atoms with Gasteiger partial charge in [-0.3, -0.25) is 4.99 Å². The van der Waals surface area contributed by atoms with Crippen LogP contribution in [0.2, 0.25) is 0 Å². The second kappa shape index (κ2) is 4.16. The quantitative estimate of drug-likeness (QED) is 0.572. The maximum atomic E-state index is 5.24. The van der Waals surface area contributed by atoms with Gasteiger partial charge in [0.1, 0.15) is 0 Å². The van der Waals surface area contributed by atoms with Crippen LogP contribution in [0.1, 0.15) is 36.3 Å². The largest absolute Gasteiger partial charge is 0.256 e. The van der Waals surface area contributed by atoms with E-state index in [1.165, 1.54) is 22.5 Å². The molecule has 0 aromatic heterocycles. The molecule has 4 aliphatic carbocycles. The summed E-state index contributed by atoms with van der Waals surface area (Å²) in [7, 11) is 0. The Morgan fingerprint density at radius 3 is 2.88 bits per heavy atom. The molecule has 1 nitrogen and oxygen atoms in total. The van der Waals surface area contributed by atoms with E-state index < -0.39 is 0 Å². The Labute approximate surface area is 142 Å². The van der Waals surface area contributed by atoms with Gasteiger partial charge >= 0.3 is 0 Å². The smallest absolute Gasteiger partial charge is 0.0718 e. The highest BCUT2D eigenvalue weighted by Gasteiger charge is 2.58. The number of nitrogens with zero attached hydrogens (tertiary/aromatic N) is 1. The molecule has 0 fully saturated rings. The third-order valence-electron chi connectivity index (χ3n) is 6.60. The van der Waals surface area contributed by atoms with Crippen molar-refractivity contribution in [1.82, 2.24) is 0 Å². The third-order valence-corrected chi connectivity index (χ3v) is 6.60. The average molecular weight is 309 g/mol. The normalized spacial score (nSPS) is 36.8. The molecule has 1 aliphatic heterocycles. The first kappa shape index (κ1) is 12.9. The molecular weight excluding hydrogens is 290 g/mol. The minimum atomic E-state index is -0.0207. The number of hydrogen-bond acceptors (Lipinski definition) is 1. The average Bonchev–Trinajstić information content (AvgIpc) is 2.99. The van der Waals surface area contributed by atoms with E-state index in [0.717, 1.165) is 19.3 Å². The van der Waals surface area contributed by atoms with Crippen LogP contribution in [0, 0.1) is 10.8 Å². The number of rotatable bonds is 0. The Balaban J connectivity index is 1.75. The Morgan fingerprint density at radius 1 is 0.958 bits per heavy atom. The first-order valence-electron chi connectivity index (χ1n) is 8.96. The van der Waals surface area contributed by atoms with E-state index in [1.807, 2.05) is 0 Å². The summed E-state index contributed by atoms with van der Waals surface area (Å²) < 4.78 is 0. The van der Waals surface area contributed by atoms with Gasteiger partial charge in [-0.15, -0.1) is 0 Å². The van der Waals surface area contributed by atoms with E-state index in [1.54, 1.807) is 5.57 Å². The monoisotopic (exact) mass is 309 g/mol. The number of fused-ring (bicyclic) bond motifs is 3. The van der Waals surface area contributed by atoms with E-state index in [2.05, 4.69) is 72.9 Å². The molecule has 24 heavy (non-hydrogen) atoms. The molecule has 1 heteroatoms. The van der Waals surface area contributed by atoms with Gasteiger partial charge in [0.05, 0.1) is 5.70 Å². The molecule has 0 saturated carbocycles. The molecule has 0 amide bonds. The fourth-order valence-corrected chi connectivity index (χ4v) is 5.66. The topological polar surface area (TPSA) is 12.4 Å². The van der Waals surface area contributed by atoms with Crippen molar-refractivity contribution in [1.29, 1.82) is 0 Å². The molecule has 1 heterocycles.